The van der Waals surface area contributed by atoms with Gasteiger partial charge >= 0.3 is 0 Å². The summed E-state index contributed by atoms with van der Waals surface area (Å²) >= 11 is 1.67. The van der Waals surface area contributed by atoms with Crippen LogP contribution < -0.4 is 4.90 Å². The van der Waals surface area contributed by atoms with Crippen molar-refractivity contribution >= 4 is 22.4 Å². The summed E-state index contributed by atoms with van der Waals surface area (Å²) in [6.07, 6.45) is 5.58. The van der Waals surface area contributed by atoms with Crippen LogP contribution in [0.5, 0.6) is 0 Å². The number of nitrogens with zero attached hydrogens (tertiary/aromatic N) is 6. The van der Waals surface area contributed by atoms with Crippen LogP contribution >= 0.6 is 11.3 Å². The number of amides is 1. The first-order valence-corrected chi connectivity index (χ1v) is 8.58. The molecular weight excluding hydrogens is 312 g/mol. The Hall–Kier alpha value is -1.93. The number of hydrogen-bond acceptors (Lipinski definition) is 6. The Morgan fingerprint density at radius 2 is 2.13 bits per heavy atom. The predicted molar refractivity (Wildman–Crippen MR) is 90.4 cm³/mol. The van der Waals surface area contributed by atoms with Gasteiger partial charge in [0.05, 0.1) is 12.7 Å². The van der Waals surface area contributed by atoms with Crippen LogP contribution in [0.25, 0.3) is 0 Å². The van der Waals surface area contributed by atoms with E-state index in [9.17, 15) is 4.79 Å². The first-order chi connectivity index (χ1) is 11.1. The molecule has 1 amide bonds. The molecule has 0 bridgehead atoms. The topological polar surface area (TPSA) is 57.5 Å². The monoisotopic (exact) mass is 334 g/mol. The number of aryl methyl sites for hydroxylation is 1. The molecule has 0 saturated carbocycles. The standard InChI is InChI=1S/C15H22N6OS/c1-18(10-13-9-17-19(2)11-13)14(22)12-20-4-6-21(7-5-20)15-16-3-8-23-15/h3,8-9,11H,4-7,10,12H2,1-2H3. The van der Waals surface area contributed by atoms with Crippen LogP contribution in [0.15, 0.2) is 24.0 Å². The van der Waals surface area contributed by atoms with Crippen molar-refractivity contribution in [2.75, 3.05) is 44.7 Å². The van der Waals surface area contributed by atoms with Gasteiger partial charge < -0.3 is 9.80 Å². The van der Waals surface area contributed by atoms with Crippen LogP contribution in [0.4, 0.5) is 5.13 Å². The Kier molecular flexibility index (Phi) is 4.92. The zero-order valence-electron chi connectivity index (χ0n) is 13.6. The van der Waals surface area contributed by atoms with Crippen molar-refractivity contribution < 1.29 is 4.79 Å². The van der Waals surface area contributed by atoms with E-state index in [1.165, 1.54) is 0 Å². The maximum atomic E-state index is 12.4. The summed E-state index contributed by atoms with van der Waals surface area (Å²) in [6, 6.07) is 0. The van der Waals surface area contributed by atoms with Crippen LogP contribution in [-0.2, 0) is 18.4 Å². The average Bonchev–Trinajstić information content (AvgIpc) is 3.20. The van der Waals surface area contributed by atoms with Crippen molar-refractivity contribution in [3.05, 3.63) is 29.5 Å². The van der Waals surface area contributed by atoms with E-state index in [-0.39, 0.29) is 5.91 Å². The van der Waals surface area contributed by atoms with Gasteiger partial charge in [0.1, 0.15) is 0 Å². The van der Waals surface area contributed by atoms with Gasteiger partial charge in [0.25, 0.3) is 0 Å². The number of anilines is 1. The quantitative estimate of drug-likeness (QED) is 0.804. The minimum atomic E-state index is 0.150. The average molecular weight is 334 g/mol. The summed E-state index contributed by atoms with van der Waals surface area (Å²) in [5, 5.41) is 7.21. The largest absolute Gasteiger partial charge is 0.346 e. The smallest absolute Gasteiger partial charge is 0.236 e. The van der Waals surface area contributed by atoms with Crippen LogP contribution in [0.2, 0.25) is 0 Å². The molecule has 8 heteroatoms. The lowest BCUT2D eigenvalue weighted by Crippen LogP contribution is -2.49. The molecule has 0 aliphatic carbocycles. The highest BCUT2D eigenvalue weighted by molar-refractivity contribution is 7.13. The van der Waals surface area contributed by atoms with Crippen molar-refractivity contribution in [3.63, 3.8) is 0 Å². The van der Waals surface area contributed by atoms with E-state index in [4.69, 9.17) is 0 Å². The van der Waals surface area contributed by atoms with E-state index in [1.54, 1.807) is 27.1 Å². The highest BCUT2D eigenvalue weighted by atomic mass is 32.1. The van der Waals surface area contributed by atoms with Crippen molar-refractivity contribution in [2.45, 2.75) is 6.54 Å². The molecule has 3 rings (SSSR count). The molecule has 2 aromatic rings. The van der Waals surface area contributed by atoms with Crippen LogP contribution in [-0.4, -0.2) is 70.2 Å². The summed E-state index contributed by atoms with van der Waals surface area (Å²) in [5.41, 5.74) is 1.05. The molecule has 7 nitrogen and oxygen atoms in total. The second-order valence-electron chi connectivity index (χ2n) is 5.85. The van der Waals surface area contributed by atoms with E-state index >= 15 is 0 Å². The lowest BCUT2D eigenvalue weighted by atomic mass is 10.3. The maximum Gasteiger partial charge on any atom is 0.236 e. The SMILES string of the molecule is CN(Cc1cnn(C)c1)C(=O)CN1CCN(c2nccs2)CC1. The summed E-state index contributed by atoms with van der Waals surface area (Å²) in [6.45, 7) is 4.71. The highest BCUT2D eigenvalue weighted by Gasteiger charge is 2.21. The zero-order chi connectivity index (χ0) is 16.2. The number of likely N-dealkylation sites (N-methyl/N-ethyl adjacent to an activating group) is 1. The fourth-order valence-corrected chi connectivity index (χ4v) is 3.39. The summed E-state index contributed by atoms with van der Waals surface area (Å²) in [7, 11) is 3.73. The Balaban J connectivity index is 1.45. The van der Waals surface area contributed by atoms with Crippen molar-refractivity contribution in [1.29, 1.82) is 0 Å². The highest BCUT2D eigenvalue weighted by Crippen LogP contribution is 2.18. The predicted octanol–water partition coefficient (Wildman–Crippen LogP) is 0.657. The van der Waals surface area contributed by atoms with Gasteiger partial charge in [0, 0.05) is 70.2 Å². The van der Waals surface area contributed by atoms with Crippen LogP contribution in [0.3, 0.4) is 0 Å². The van der Waals surface area contributed by atoms with Crippen molar-refractivity contribution in [3.8, 4) is 0 Å². The normalized spacial score (nSPS) is 15.8. The first-order valence-electron chi connectivity index (χ1n) is 7.70. The minimum Gasteiger partial charge on any atom is -0.346 e. The number of thiazole rings is 1. The minimum absolute atomic E-state index is 0.150. The van der Waals surface area contributed by atoms with E-state index in [1.807, 2.05) is 31.9 Å². The number of aromatic nitrogens is 3. The molecule has 0 atom stereocenters. The molecule has 124 valence electrons. The third-order valence-corrected chi connectivity index (χ3v) is 4.86. The fraction of sp³-hybridized carbons (Fsp3) is 0.533. The Morgan fingerprint density at radius 3 is 2.74 bits per heavy atom. The second kappa shape index (κ2) is 7.10. The Labute approximate surface area is 140 Å². The molecule has 1 saturated heterocycles. The fourth-order valence-electron chi connectivity index (χ4n) is 2.70. The van der Waals surface area contributed by atoms with Gasteiger partial charge in [-0.2, -0.15) is 5.10 Å². The molecule has 23 heavy (non-hydrogen) atoms. The molecule has 1 fully saturated rings. The number of hydrogen-bond donors (Lipinski definition) is 0. The van der Waals surface area contributed by atoms with E-state index in [0.717, 1.165) is 36.9 Å². The maximum absolute atomic E-state index is 12.4. The summed E-state index contributed by atoms with van der Waals surface area (Å²) in [4.78, 5) is 23.0. The molecule has 1 aliphatic rings. The van der Waals surface area contributed by atoms with Crippen molar-refractivity contribution in [2.24, 2.45) is 7.05 Å². The van der Waals surface area contributed by atoms with E-state index < -0.39 is 0 Å². The molecule has 0 N–H and O–H groups in total. The van der Waals surface area contributed by atoms with E-state index in [0.29, 0.717) is 13.1 Å². The van der Waals surface area contributed by atoms with Gasteiger partial charge in [0.2, 0.25) is 5.91 Å². The lowest BCUT2D eigenvalue weighted by Gasteiger charge is -2.34. The summed E-state index contributed by atoms with van der Waals surface area (Å²) < 4.78 is 1.76. The second-order valence-corrected chi connectivity index (χ2v) is 6.72. The molecule has 0 unspecified atom stereocenters. The van der Waals surface area contributed by atoms with Gasteiger partial charge in [-0.05, 0) is 0 Å². The molecule has 0 spiro atoms. The molecule has 2 aromatic heterocycles. The van der Waals surface area contributed by atoms with Gasteiger partial charge in [-0.3, -0.25) is 14.4 Å². The Morgan fingerprint density at radius 1 is 1.35 bits per heavy atom. The van der Waals surface area contributed by atoms with Gasteiger partial charge in [-0.25, -0.2) is 4.98 Å². The third-order valence-electron chi connectivity index (χ3n) is 4.02. The van der Waals surface area contributed by atoms with Gasteiger partial charge in [-0.1, -0.05) is 0 Å². The van der Waals surface area contributed by atoms with Crippen LogP contribution in [0.1, 0.15) is 5.56 Å². The Bertz CT molecular complexity index is 632. The zero-order valence-corrected chi connectivity index (χ0v) is 14.4. The molecular formula is C15H22N6OS. The molecule has 1 aliphatic heterocycles. The first kappa shape index (κ1) is 15.9. The van der Waals surface area contributed by atoms with Crippen molar-refractivity contribution in [1.82, 2.24) is 24.6 Å². The molecule has 0 aromatic carbocycles. The lowest BCUT2D eigenvalue weighted by molar-refractivity contribution is -0.131. The number of rotatable bonds is 5. The molecule has 0 radical (unpaired) electrons. The van der Waals surface area contributed by atoms with Gasteiger partial charge in [0.15, 0.2) is 5.13 Å². The van der Waals surface area contributed by atoms with Gasteiger partial charge in [-0.15, -0.1) is 11.3 Å². The third kappa shape index (κ3) is 4.08. The number of carbonyl (C=O) groups excluding carboxylic acids is 1. The van der Waals surface area contributed by atoms with Crippen LogP contribution in [0, 0.1) is 0 Å². The van der Waals surface area contributed by atoms with E-state index in [2.05, 4.69) is 19.9 Å². The number of carbonyl (C=O) groups is 1. The summed E-state index contributed by atoms with van der Waals surface area (Å²) in [5.74, 6) is 0.150. The molecule has 3 heterocycles. The number of piperazine rings is 1.